The Morgan fingerprint density at radius 1 is 0.443 bits per heavy atom. The van der Waals surface area contributed by atoms with Crippen molar-refractivity contribution >= 4 is 19.8 Å². The van der Waals surface area contributed by atoms with E-state index < -0.39 is 32.5 Å². The number of phosphoric acid groups is 1. The van der Waals surface area contributed by atoms with Crippen molar-refractivity contribution in [2.24, 2.45) is 0 Å². The van der Waals surface area contributed by atoms with Crippen molar-refractivity contribution in [2.75, 3.05) is 47.5 Å². The first-order valence-corrected chi connectivity index (χ1v) is 29.4. The molecule has 0 aromatic heterocycles. The minimum Gasteiger partial charge on any atom is -0.756 e. The fourth-order valence-corrected chi connectivity index (χ4v) is 8.07. The van der Waals surface area contributed by atoms with Crippen LogP contribution in [0.5, 0.6) is 0 Å². The SMILES string of the molecule is CC/C=C\C/C=C\C/C=C\C/C=C\CCCCCCCCCCCCCCCCCCC(=O)OC(COC(=O)CCCCCC/C=C\C/C=C\C/C=C\C/C=C\CC)COP(=O)([O-])OCC[N+](C)(C)C. The van der Waals surface area contributed by atoms with Crippen LogP contribution < -0.4 is 4.89 Å². The Labute approximate surface area is 430 Å². The molecule has 0 radical (unpaired) electrons. The van der Waals surface area contributed by atoms with Crippen molar-refractivity contribution in [3.8, 4) is 0 Å². The van der Waals surface area contributed by atoms with E-state index in [2.05, 4.69) is 111 Å². The Morgan fingerprint density at radius 2 is 0.771 bits per heavy atom. The second kappa shape index (κ2) is 50.9. The number of ether oxygens (including phenoxy) is 2. The van der Waals surface area contributed by atoms with E-state index in [-0.39, 0.29) is 26.1 Å². The number of quaternary nitrogens is 1. The van der Waals surface area contributed by atoms with Gasteiger partial charge in [-0.05, 0) is 89.9 Å². The van der Waals surface area contributed by atoms with Crippen LogP contribution >= 0.6 is 7.82 Å². The maximum absolute atomic E-state index is 12.8. The quantitative estimate of drug-likeness (QED) is 0.0195. The molecule has 0 amide bonds. The molecule has 0 aliphatic rings. The van der Waals surface area contributed by atoms with Gasteiger partial charge in [0.05, 0.1) is 27.7 Å². The molecule has 2 atom stereocenters. The van der Waals surface area contributed by atoms with Gasteiger partial charge >= 0.3 is 11.9 Å². The molecule has 9 nitrogen and oxygen atoms in total. The molecule has 0 fully saturated rings. The Morgan fingerprint density at radius 3 is 1.14 bits per heavy atom. The lowest BCUT2D eigenvalue weighted by Gasteiger charge is -2.28. The van der Waals surface area contributed by atoms with Crippen molar-refractivity contribution < 1.29 is 42.1 Å². The first kappa shape index (κ1) is 66.9. The zero-order valence-corrected chi connectivity index (χ0v) is 46.3. The number of esters is 2. The summed E-state index contributed by atoms with van der Waals surface area (Å²) in [5, 5.41) is 0. The van der Waals surface area contributed by atoms with Gasteiger partial charge in [0.1, 0.15) is 19.8 Å². The second-order valence-electron chi connectivity index (χ2n) is 19.5. The van der Waals surface area contributed by atoms with Crippen LogP contribution in [0.2, 0.25) is 0 Å². The van der Waals surface area contributed by atoms with Crippen LogP contribution in [0.4, 0.5) is 0 Å². The first-order chi connectivity index (χ1) is 34.0. The smallest absolute Gasteiger partial charge is 0.306 e. The third-order valence-electron chi connectivity index (χ3n) is 11.6. The summed E-state index contributed by atoms with van der Waals surface area (Å²) in [6, 6.07) is 0. The van der Waals surface area contributed by atoms with Gasteiger partial charge in [-0.25, -0.2) is 0 Å². The van der Waals surface area contributed by atoms with E-state index in [4.69, 9.17) is 18.5 Å². The molecule has 10 heteroatoms. The first-order valence-electron chi connectivity index (χ1n) is 27.9. The van der Waals surface area contributed by atoms with E-state index in [1.165, 1.54) is 83.5 Å². The molecule has 0 rings (SSSR count). The normalized spacial score (nSPS) is 14.1. The highest BCUT2D eigenvalue weighted by atomic mass is 31.2. The summed E-state index contributed by atoms with van der Waals surface area (Å²) in [4.78, 5) is 37.8. The summed E-state index contributed by atoms with van der Waals surface area (Å²) in [6.07, 6.45) is 68.8. The van der Waals surface area contributed by atoms with Crippen LogP contribution in [0.1, 0.15) is 219 Å². The Bertz CT molecular complexity index is 1500. The Kier molecular flexibility index (Phi) is 48.6. The molecule has 0 N–H and O–H groups in total. The highest BCUT2D eigenvalue weighted by Gasteiger charge is 2.21. The summed E-state index contributed by atoms with van der Waals surface area (Å²) in [7, 11) is 1.14. The van der Waals surface area contributed by atoms with Gasteiger partial charge in [0.15, 0.2) is 6.10 Å². The molecular formula is C60H104NO8P. The number of hydrogen-bond acceptors (Lipinski definition) is 8. The molecule has 0 aliphatic heterocycles. The van der Waals surface area contributed by atoms with E-state index in [1.54, 1.807) is 0 Å². The van der Waals surface area contributed by atoms with Gasteiger partial charge in [-0.2, -0.15) is 0 Å². The molecule has 0 aromatic rings. The van der Waals surface area contributed by atoms with Crippen molar-refractivity contribution in [1.82, 2.24) is 0 Å². The molecule has 2 unspecified atom stereocenters. The van der Waals surface area contributed by atoms with Crippen molar-refractivity contribution in [3.05, 3.63) is 97.2 Å². The molecule has 0 aliphatic carbocycles. The van der Waals surface area contributed by atoms with Gasteiger partial charge in [-0.3, -0.25) is 14.2 Å². The molecule has 0 bridgehead atoms. The molecular weight excluding hydrogens is 894 g/mol. The summed E-state index contributed by atoms with van der Waals surface area (Å²) in [6.45, 7) is 3.98. The van der Waals surface area contributed by atoms with Crippen LogP contribution in [0.25, 0.3) is 0 Å². The zero-order valence-electron chi connectivity index (χ0n) is 45.4. The van der Waals surface area contributed by atoms with Crippen LogP contribution in [0, 0.1) is 0 Å². The maximum atomic E-state index is 12.8. The van der Waals surface area contributed by atoms with E-state index >= 15 is 0 Å². The minimum absolute atomic E-state index is 0.0389. The number of nitrogens with zero attached hydrogens (tertiary/aromatic N) is 1. The van der Waals surface area contributed by atoms with Gasteiger partial charge < -0.3 is 27.9 Å². The van der Waals surface area contributed by atoms with Crippen LogP contribution in [0.15, 0.2) is 97.2 Å². The number of carbonyl (C=O) groups excluding carboxylic acids is 2. The number of unbranched alkanes of at least 4 members (excludes halogenated alkanes) is 20. The number of rotatable bonds is 50. The largest absolute Gasteiger partial charge is 0.756 e. The van der Waals surface area contributed by atoms with Crippen molar-refractivity contribution in [3.63, 3.8) is 0 Å². The number of likely N-dealkylation sites (N-methyl/N-ethyl adjacent to an activating group) is 1. The average Bonchev–Trinajstić information content (AvgIpc) is 3.32. The van der Waals surface area contributed by atoms with Crippen LogP contribution in [-0.4, -0.2) is 70.0 Å². The lowest BCUT2D eigenvalue weighted by Crippen LogP contribution is -2.37. The molecule has 0 saturated heterocycles. The highest BCUT2D eigenvalue weighted by molar-refractivity contribution is 7.45. The number of phosphoric ester groups is 1. The molecule has 0 aromatic carbocycles. The maximum Gasteiger partial charge on any atom is 0.306 e. The Hall–Kier alpha value is -3.07. The summed E-state index contributed by atoms with van der Waals surface area (Å²) < 4.78 is 34.1. The number of hydrogen-bond donors (Lipinski definition) is 0. The van der Waals surface area contributed by atoms with Gasteiger partial charge in [-0.15, -0.1) is 0 Å². The molecule has 0 saturated carbocycles. The van der Waals surface area contributed by atoms with E-state index in [0.717, 1.165) is 96.3 Å². The van der Waals surface area contributed by atoms with E-state index in [0.29, 0.717) is 23.9 Å². The standard InChI is InChI=1S/C60H104NO8P/c1-6-8-10-12-14-16-18-20-22-24-25-26-27-28-29-30-31-32-33-34-35-37-39-41-43-45-47-49-51-53-60(63)69-58(57-68-70(64,65)67-55-54-61(3,4)5)56-66-59(62)52-50-48-46-44-42-40-38-36-23-21-19-17-15-13-11-9-7-2/h8-11,14-17,20-23,25-26,38,40,58H,6-7,12-13,18-19,24,27-37,39,41-57H2,1-5H3/b10-8-,11-9-,16-14-,17-15-,22-20-,23-21-,26-25-,40-38-. The topological polar surface area (TPSA) is 111 Å². The predicted molar refractivity (Wildman–Crippen MR) is 295 cm³/mol. The Balaban J connectivity index is 4.16. The summed E-state index contributed by atoms with van der Waals surface area (Å²) >= 11 is 0. The van der Waals surface area contributed by atoms with Gasteiger partial charge in [0.25, 0.3) is 7.82 Å². The molecule has 0 heterocycles. The average molecular weight is 998 g/mol. The fraction of sp³-hybridized carbons (Fsp3) is 0.700. The third kappa shape index (κ3) is 54.3. The van der Waals surface area contributed by atoms with Crippen molar-refractivity contribution in [1.29, 1.82) is 0 Å². The minimum atomic E-state index is -4.64. The fourth-order valence-electron chi connectivity index (χ4n) is 7.34. The number of allylic oxidation sites excluding steroid dienone is 16. The monoisotopic (exact) mass is 998 g/mol. The predicted octanol–water partition coefficient (Wildman–Crippen LogP) is 16.6. The molecule has 70 heavy (non-hydrogen) atoms. The molecule has 0 spiro atoms. The highest BCUT2D eigenvalue weighted by Crippen LogP contribution is 2.38. The van der Waals surface area contributed by atoms with E-state index in [1.807, 2.05) is 21.1 Å². The van der Waals surface area contributed by atoms with Crippen LogP contribution in [-0.2, 0) is 32.7 Å². The third-order valence-corrected chi connectivity index (χ3v) is 12.6. The van der Waals surface area contributed by atoms with E-state index in [9.17, 15) is 19.0 Å². The van der Waals surface area contributed by atoms with Crippen LogP contribution in [0.3, 0.4) is 0 Å². The van der Waals surface area contributed by atoms with Crippen molar-refractivity contribution in [2.45, 2.75) is 225 Å². The lowest BCUT2D eigenvalue weighted by molar-refractivity contribution is -0.870. The number of carbonyl (C=O) groups is 2. The zero-order chi connectivity index (χ0) is 51.3. The van der Waals surface area contributed by atoms with Gasteiger partial charge in [0, 0.05) is 12.8 Å². The summed E-state index contributed by atoms with van der Waals surface area (Å²) in [5.74, 6) is -0.863. The van der Waals surface area contributed by atoms with Gasteiger partial charge in [0.2, 0.25) is 0 Å². The summed E-state index contributed by atoms with van der Waals surface area (Å²) in [5.41, 5.74) is 0. The molecule has 402 valence electrons. The lowest BCUT2D eigenvalue weighted by atomic mass is 10.0. The second-order valence-corrected chi connectivity index (χ2v) is 20.9. The van der Waals surface area contributed by atoms with Gasteiger partial charge in [-0.1, -0.05) is 214 Å².